The van der Waals surface area contributed by atoms with Gasteiger partial charge in [-0.05, 0) is 6.42 Å². The molecular weight excluding hydrogens is 184 g/mol. The predicted molar refractivity (Wildman–Crippen MR) is 50.9 cm³/mol. The topological polar surface area (TPSA) is 70.0 Å². The molecule has 0 bridgehead atoms. The van der Waals surface area contributed by atoms with Gasteiger partial charge in [0.2, 0.25) is 5.91 Å². The molecule has 0 atom stereocenters. The summed E-state index contributed by atoms with van der Waals surface area (Å²) in [6, 6.07) is 0. The molecule has 1 heterocycles. The molecule has 0 aromatic carbocycles. The molecule has 0 aromatic rings. The van der Waals surface area contributed by atoms with E-state index in [1.807, 2.05) is 6.92 Å². The second-order valence-corrected chi connectivity index (χ2v) is 3.22. The largest absolute Gasteiger partial charge is 0.477 e. The molecule has 14 heavy (non-hydrogen) atoms. The molecule has 1 N–H and O–H groups in total. The molecular formula is C9H14N2O3. The Kier molecular flexibility index (Phi) is 3.62. The number of hydrogen-bond donors (Lipinski definition) is 1. The van der Waals surface area contributed by atoms with Gasteiger partial charge in [0.25, 0.3) is 0 Å². The molecule has 0 aromatic heterocycles. The number of hydrazone groups is 1. The second kappa shape index (κ2) is 4.74. The maximum Gasteiger partial charge on any atom is 0.352 e. The van der Waals surface area contributed by atoms with Crippen molar-refractivity contribution in [3.63, 3.8) is 0 Å². The van der Waals surface area contributed by atoms with Crippen LogP contribution in [0, 0.1) is 0 Å². The molecule has 5 heteroatoms. The number of carboxylic acid groups (broad SMARTS) is 1. The van der Waals surface area contributed by atoms with E-state index < -0.39 is 5.97 Å². The molecule has 0 radical (unpaired) electrons. The highest BCUT2D eigenvalue weighted by molar-refractivity contribution is 6.36. The normalized spacial score (nSPS) is 16.8. The van der Waals surface area contributed by atoms with E-state index >= 15 is 0 Å². The summed E-state index contributed by atoms with van der Waals surface area (Å²) in [5.74, 6) is -1.11. The van der Waals surface area contributed by atoms with Crippen molar-refractivity contribution in [2.24, 2.45) is 5.10 Å². The van der Waals surface area contributed by atoms with Gasteiger partial charge in [0.05, 0.1) is 0 Å². The van der Waals surface area contributed by atoms with Crippen molar-refractivity contribution in [2.45, 2.75) is 32.6 Å². The average molecular weight is 198 g/mol. The quantitative estimate of drug-likeness (QED) is 0.728. The van der Waals surface area contributed by atoms with Crippen molar-refractivity contribution in [1.82, 2.24) is 5.01 Å². The van der Waals surface area contributed by atoms with Crippen LogP contribution in [0.1, 0.15) is 32.6 Å². The summed E-state index contributed by atoms with van der Waals surface area (Å²) in [5.41, 5.74) is 0.0840. The number of rotatable bonds is 4. The van der Waals surface area contributed by atoms with Gasteiger partial charge in [0.15, 0.2) is 0 Å². The Bertz CT molecular complexity index is 273. The zero-order chi connectivity index (χ0) is 10.6. The summed E-state index contributed by atoms with van der Waals surface area (Å²) in [4.78, 5) is 21.9. The SMILES string of the molecule is CCCCN1N=C(C(=O)O)CCC1=O. The van der Waals surface area contributed by atoms with Crippen LogP contribution in [0.2, 0.25) is 0 Å². The van der Waals surface area contributed by atoms with Crippen molar-refractivity contribution >= 4 is 17.6 Å². The van der Waals surface area contributed by atoms with E-state index in [0.29, 0.717) is 6.54 Å². The van der Waals surface area contributed by atoms with E-state index in [0.717, 1.165) is 12.8 Å². The fourth-order valence-electron chi connectivity index (χ4n) is 1.24. The number of nitrogens with zero attached hydrogens (tertiary/aromatic N) is 2. The molecule has 0 fully saturated rings. The van der Waals surface area contributed by atoms with Gasteiger partial charge in [-0.25, -0.2) is 9.80 Å². The number of carboxylic acids is 1. The first kappa shape index (κ1) is 10.7. The Labute approximate surface area is 82.4 Å². The lowest BCUT2D eigenvalue weighted by atomic mass is 10.1. The highest BCUT2D eigenvalue weighted by Gasteiger charge is 2.23. The standard InChI is InChI=1S/C9H14N2O3/c1-2-3-6-11-8(12)5-4-7(10-11)9(13)14/h2-6H2,1H3,(H,13,14). The minimum Gasteiger partial charge on any atom is -0.477 e. The van der Waals surface area contributed by atoms with Crippen molar-refractivity contribution in [2.75, 3.05) is 6.54 Å². The van der Waals surface area contributed by atoms with Crippen LogP contribution in [0.15, 0.2) is 5.10 Å². The molecule has 0 aliphatic carbocycles. The zero-order valence-electron chi connectivity index (χ0n) is 8.19. The lowest BCUT2D eigenvalue weighted by Crippen LogP contribution is -2.34. The van der Waals surface area contributed by atoms with Crippen LogP contribution >= 0.6 is 0 Å². The maximum absolute atomic E-state index is 11.3. The van der Waals surface area contributed by atoms with Crippen LogP contribution in [0.4, 0.5) is 0 Å². The van der Waals surface area contributed by atoms with Crippen molar-refractivity contribution in [3.8, 4) is 0 Å². The number of carbonyl (C=O) groups excluding carboxylic acids is 1. The van der Waals surface area contributed by atoms with Crippen LogP contribution in [-0.2, 0) is 9.59 Å². The number of hydrogen-bond acceptors (Lipinski definition) is 3. The monoisotopic (exact) mass is 198 g/mol. The Hall–Kier alpha value is -1.39. The smallest absolute Gasteiger partial charge is 0.352 e. The summed E-state index contributed by atoms with van der Waals surface area (Å²) in [6.45, 7) is 2.53. The van der Waals surface area contributed by atoms with Gasteiger partial charge in [-0.15, -0.1) is 0 Å². The third-order valence-corrected chi connectivity index (χ3v) is 2.08. The number of carbonyl (C=O) groups is 2. The minimum atomic E-state index is -1.03. The van der Waals surface area contributed by atoms with E-state index in [9.17, 15) is 9.59 Å². The first-order valence-electron chi connectivity index (χ1n) is 4.76. The highest BCUT2D eigenvalue weighted by atomic mass is 16.4. The predicted octanol–water partition coefficient (Wildman–Crippen LogP) is 0.850. The lowest BCUT2D eigenvalue weighted by molar-refractivity contribution is -0.132. The van der Waals surface area contributed by atoms with E-state index in [1.165, 1.54) is 5.01 Å². The van der Waals surface area contributed by atoms with E-state index in [4.69, 9.17) is 5.11 Å². The van der Waals surface area contributed by atoms with Gasteiger partial charge in [0, 0.05) is 19.4 Å². The summed E-state index contributed by atoms with van der Waals surface area (Å²) in [5, 5.41) is 13.8. The van der Waals surface area contributed by atoms with Gasteiger partial charge in [0.1, 0.15) is 5.71 Å². The average Bonchev–Trinajstić information content (AvgIpc) is 2.16. The fourth-order valence-corrected chi connectivity index (χ4v) is 1.24. The summed E-state index contributed by atoms with van der Waals surface area (Å²) < 4.78 is 0. The molecule has 1 amide bonds. The van der Waals surface area contributed by atoms with E-state index in [2.05, 4.69) is 5.10 Å². The Morgan fingerprint density at radius 1 is 1.57 bits per heavy atom. The number of aliphatic carboxylic acids is 1. The first-order chi connectivity index (χ1) is 6.65. The fraction of sp³-hybridized carbons (Fsp3) is 0.667. The van der Waals surface area contributed by atoms with Crippen LogP contribution < -0.4 is 0 Å². The highest BCUT2D eigenvalue weighted by Crippen LogP contribution is 2.10. The van der Waals surface area contributed by atoms with Gasteiger partial charge >= 0.3 is 5.97 Å². The summed E-state index contributed by atoms with van der Waals surface area (Å²) >= 11 is 0. The van der Waals surface area contributed by atoms with Crippen molar-refractivity contribution in [3.05, 3.63) is 0 Å². The summed E-state index contributed by atoms with van der Waals surface area (Å²) in [6.07, 6.45) is 2.31. The molecule has 78 valence electrons. The maximum atomic E-state index is 11.3. The molecule has 0 unspecified atom stereocenters. The number of unbranched alkanes of at least 4 members (excludes halogenated alkanes) is 1. The Morgan fingerprint density at radius 3 is 2.86 bits per heavy atom. The van der Waals surface area contributed by atoms with Crippen LogP contribution in [0.3, 0.4) is 0 Å². The lowest BCUT2D eigenvalue weighted by Gasteiger charge is -2.21. The van der Waals surface area contributed by atoms with Gasteiger partial charge < -0.3 is 5.11 Å². The molecule has 0 spiro atoms. The molecule has 1 aliphatic rings. The molecule has 1 aliphatic heterocycles. The van der Waals surface area contributed by atoms with Gasteiger partial charge in [-0.3, -0.25) is 4.79 Å². The third kappa shape index (κ3) is 2.55. The van der Waals surface area contributed by atoms with Gasteiger partial charge in [-0.2, -0.15) is 5.10 Å². The molecule has 1 rings (SSSR count). The Balaban J connectivity index is 2.65. The van der Waals surface area contributed by atoms with Crippen molar-refractivity contribution < 1.29 is 14.7 Å². The molecule has 0 saturated carbocycles. The van der Waals surface area contributed by atoms with Crippen LogP contribution in [0.5, 0.6) is 0 Å². The Morgan fingerprint density at radius 2 is 2.29 bits per heavy atom. The van der Waals surface area contributed by atoms with Crippen LogP contribution in [-0.4, -0.2) is 34.2 Å². The van der Waals surface area contributed by atoms with Crippen molar-refractivity contribution in [1.29, 1.82) is 0 Å². The zero-order valence-corrected chi connectivity index (χ0v) is 8.19. The number of amides is 1. The van der Waals surface area contributed by atoms with E-state index in [1.54, 1.807) is 0 Å². The first-order valence-corrected chi connectivity index (χ1v) is 4.76. The second-order valence-electron chi connectivity index (χ2n) is 3.22. The van der Waals surface area contributed by atoms with E-state index in [-0.39, 0.29) is 24.5 Å². The summed E-state index contributed by atoms with van der Waals surface area (Å²) in [7, 11) is 0. The van der Waals surface area contributed by atoms with Gasteiger partial charge in [-0.1, -0.05) is 13.3 Å². The third-order valence-electron chi connectivity index (χ3n) is 2.08. The molecule has 0 saturated heterocycles. The minimum absolute atomic E-state index is 0.0801. The molecule has 5 nitrogen and oxygen atoms in total. The van der Waals surface area contributed by atoms with Crippen LogP contribution in [0.25, 0.3) is 0 Å².